The Hall–Kier alpha value is -2.09. The Morgan fingerprint density at radius 2 is 2.05 bits per heavy atom. The predicted molar refractivity (Wildman–Crippen MR) is 71.2 cm³/mol. The highest BCUT2D eigenvalue weighted by atomic mass is 16.3. The Labute approximate surface area is 112 Å². The topological polar surface area (TPSA) is 69.2 Å². The molecule has 0 aliphatic heterocycles. The number of benzene rings is 1. The average Bonchev–Trinajstić information content (AvgIpc) is 2.98. The van der Waals surface area contributed by atoms with Gasteiger partial charge in [-0.05, 0) is 36.8 Å². The van der Waals surface area contributed by atoms with Crippen molar-refractivity contribution in [2.75, 3.05) is 6.61 Å². The molecule has 0 aliphatic carbocycles. The SMILES string of the molecule is C[C@H](N[C@@H](CO)c1ccco1)c1ccc(C#N)cc1. The summed E-state index contributed by atoms with van der Waals surface area (Å²) >= 11 is 0. The molecule has 0 saturated carbocycles. The molecule has 2 aromatic rings. The molecule has 0 saturated heterocycles. The van der Waals surface area contributed by atoms with Crippen LogP contribution in [0.4, 0.5) is 0 Å². The first kappa shape index (κ1) is 13.3. The zero-order chi connectivity index (χ0) is 13.7. The van der Waals surface area contributed by atoms with Crippen LogP contribution >= 0.6 is 0 Å². The van der Waals surface area contributed by atoms with Crippen LogP contribution in [0, 0.1) is 11.3 Å². The molecule has 1 aromatic carbocycles. The van der Waals surface area contributed by atoms with Gasteiger partial charge in [-0.15, -0.1) is 0 Å². The molecule has 0 fully saturated rings. The standard InChI is InChI=1S/C15H16N2O2/c1-11(13-6-4-12(9-16)5-7-13)17-14(10-18)15-3-2-8-19-15/h2-8,11,14,17-18H,10H2,1H3/t11-,14-/m0/s1. The number of hydrogen-bond acceptors (Lipinski definition) is 4. The van der Waals surface area contributed by atoms with E-state index in [1.807, 2.05) is 25.1 Å². The largest absolute Gasteiger partial charge is 0.468 e. The van der Waals surface area contributed by atoms with Crippen LogP contribution in [0.15, 0.2) is 47.1 Å². The van der Waals surface area contributed by atoms with E-state index in [0.29, 0.717) is 11.3 Å². The summed E-state index contributed by atoms with van der Waals surface area (Å²) in [6, 6.07) is 12.9. The lowest BCUT2D eigenvalue weighted by Gasteiger charge is -2.20. The van der Waals surface area contributed by atoms with Crippen LogP contribution in [-0.2, 0) is 0 Å². The zero-order valence-corrected chi connectivity index (χ0v) is 10.7. The molecule has 0 amide bonds. The minimum atomic E-state index is -0.236. The van der Waals surface area contributed by atoms with Gasteiger partial charge in [0.15, 0.2) is 0 Å². The minimum Gasteiger partial charge on any atom is -0.468 e. The Kier molecular flexibility index (Phi) is 4.35. The molecule has 1 heterocycles. The van der Waals surface area contributed by atoms with Crippen LogP contribution in [0.1, 0.15) is 35.9 Å². The summed E-state index contributed by atoms with van der Waals surface area (Å²) in [5.41, 5.74) is 1.70. The zero-order valence-electron chi connectivity index (χ0n) is 10.7. The van der Waals surface area contributed by atoms with Crippen LogP contribution in [0.2, 0.25) is 0 Å². The molecule has 2 rings (SSSR count). The molecular weight excluding hydrogens is 240 g/mol. The first-order valence-electron chi connectivity index (χ1n) is 6.15. The monoisotopic (exact) mass is 256 g/mol. The average molecular weight is 256 g/mol. The summed E-state index contributed by atoms with van der Waals surface area (Å²) < 4.78 is 5.29. The van der Waals surface area contributed by atoms with Crippen LogP contribution < -0.4 is 5.32 Å². The molecule has 4 heteroatoms. The molecule has 98 valence electrons. The van der Waals surface area contributed by atoms with Crippen molar-refractivity contribution in [3.63, 3.8) is 0 Å². The third-order valence-corrected chi connectivity index (χ3v) is 3.06. The molecule has 2 N–H and O–H groups in total. The highest BCUT2D eigenvalue weighted by molar-refractivity contribution is 5.32. The van der Waals surface area contributed by atoms with Crippen molar-refractivity contribution in [1.29, 1.82) is 5.26 Å². The number of rotatable bonds is 5. The van der Waals surface area contributed by atoms with Gasteiger partial charge in [-0.3, -0.25) is 5.32 Å². The van der Waals surface area contributed by atoms with E-state index in [1.165, 1.54) is 0 Å². The second kappa shape index (κ2) is 6.19. The van der Waals surface area contributed by atoms with Gasteiger partial charge in [0.1, 0.15) is 5.76 Å². The Morgan fingerprint density at radius 1 is 1.32 bits per heavy atom. The molecular formula is C15H16N2O2. The van der Waals surface area contributed by atoms with E-state index in [1.54, 1.807) is 24.5 Å². The minimum absolute atomic E-state index is 0.0336. The van der Waals surface area contributed by atoms with Gasteiger partial charge < -0.3 is 9.52 Å². The Morgan fingerprint density at radius 3 is 2.58 bits per heavy atom. The maximum absolute atomic E-state index is 9.41. The van der Waals surface area contributed by atoms with Crippen molar-refractivity contribution >= 4 is 0 Å². The number of nitriles is 1. The van der Waals surface area contributed by atoms with Crippen molar-refractivity contribution in [2.45, 2.75) is 19.0 Å². The lowest BCUT2D eigenvalue weighted by atomic mass is 10.1. The highest BCUT2D eigenvalue weighted by Gasteiger charge is 2.16. The van der Waals surface area contributed by atoms with E-state index >= 15 is 0 Å². The van der Waals surface area contributed by atoms with Crippen LogP contribution in [0.3, 0.4) is 0 Å². The fourth-order valence-corrected chi connectivity index (χ4v) is 1.96. The van der Waals surface area contributed by atoms with Gasteiger partial charge in [0, 0.05) is 6.04 Å². The summed E-state index contributed by atoms with van der Waals surface area (Å²) in [4.78, 5) is 0. The molecule has 0 aliphatic rings. The van der Waals surface area contributed by atoms with Gasteiger partial charge in [0.05, 0.1) is 30.5 Å². The lowest BCUT2D eigenvalue weighted by Crippen LogP contribution is -2.27. The van der Waals surface area contributed by atoms with Gasteiger partial charge in [-0.25, -0.2) is 0 Å². The van der Waals surface area contributed by atoms with Crippen molar-refractivity contribution in [3.05, 3.63) is 59.5 Å². The van der Waals surface area contributed by atoms with Crippen molar-refractivity contribution in [2.24, 2.45) is 0 Å². The maximum Gasteiger partial charge on any atom is 0.123 e. The van der Waals surface area contributed by atoms with Gasteiger partial charge in [0.25, 0.3) is 0 Å². The Bertz CT molecular complexity index is 541. The molecule has 19 heavy (non-hydrogen) atoms. The summed E-state index contributed by atoms with van der Waals surface area (Å²) in [6.45, 7) is 1.97. The third-order valence-electron chi connectivity index (χ3n) is 3.06. The molecule has 0 radical (unpaired) electrons. The number of hydrogen-bond donors (Lipinski definition) is 2. The fraction of sp³-hybridized carbons (Fsp3) is 0.267. The van der Waals surface area contributed by atoms with E-state index in [4.69, 9.17) is 9.68 Å². The van der Waals surface area contributed by atoms with Gasteiger partial charge >= 0.3 is 0 Å². The highest BCUT2D eigenvalue weighted by Crippen LogP contribution is 2.20. The normalized spacial score (nSPS) is 13.7. The van der Waals surface area contributed by atoms with Crippen LogP contribution in [0.5, 0.6) is 0 Å². The van der Waals surface area contributed by atoms with E-state index in [-0.39, 0.29) is 18.7 Å². The second-order valence-electron chi connectivity index (χ2n) is 4.37. The predicted octanol–water partition coefficient (Wildman–Crippen LogP) is 2.54. The van der Waals surface area contributed by atoms with E-state index in [0.717, 1.165) is 5.56 Å². The third kappa shape index (κ3) is 3.22. The number of furan rings is 1. The van der Waals surface area contributed by atoms with Crippen molar-refractivity contribution in [3.8, 4) is 6.07 Å². The molecule has 2 atom stereocenters. The van der Waals surface area contributed by atoms with E-state index < -0.39 is 0 Å². The van der Waals surface area contributed by atoms with E-state index in [9.17, 15) is 5.11 Å². The second-order valence-corrected chi connectivity index (χ2v) is 4.37. The number of aliphatic hydroxyl groups excluding tert-OH is 1. The van der Waals surface area contributed by atoms with Gasteiger partial charge in [0.2, 0.25) is 0 Å². The molecule has 1 aromatic heterocycles. The fourth-order valence-electron chi connectivity index (χ4n) is 1.96. The molecule has 0 unspecified atom stereocenters. The summed E-state index contributed by atoms with van der Waals surface area (Å²) in [5, 5.41) is 21.5. The first-order valence-corrected chi connectivity index (χ1v) is 6.15. The summed E-state index contributed by atoms with van der Waals surface area (Å²) in [6.07, 6.45) is 1.59. The van der Waals surface area contributed by atoms with Crippen molar-refractivity contribution < 1.29 is 9.52 Å². The quantitative estimate of drug-likeness (QED) is 0.862. The van der Waals surface area contributed by atoms with Crippen LogP contribution in [0.25, 0.3) is 0 Å². The van der Waals surface area contributed by atoms with E-state index in [2.05, 4.69) is 11.4 Å². The van der Waals surface area contributed by atoms with Gasteiger partial charge in [-0.1, -0.05) is 12.1 Å². The van der Waals surface area contributed by atoms with Crippen molar-refractivity contribution in [1.82, 2.24) is 5.32 Å². The molecule has 0 bridgehead atoms. The van der Waals surface area contributed by atoms with Gasteiger partial charge in [-0.2, -0.15) is 5.26 Å². The number of aliphatic hydroxyl groups is 1. The summed E-state index contributed by atoms with van der Waals surface area (Å²) in [7, 11) is 0. The molecule has 4 nitrogen and oxygen atoms in total. The Balaban J connectivity index is 2.07. The number of nitrogens with one attached hydrogen (secondary N) is 1. The van der Waals surface area contributed by atoms with Crippen LogP contribution in [-0.4, -0.2) is 11.7 Å². The molecule has 0 spiro atoms. The smallest absolute Gasteiger partial charge is 0.123 e. The first-order chi connectivity index (χ1) is 9.24. The summed E-state index contributed by atoms with van der Waals surface area (Å²) in [5.74, 6) is 0.711. The maximum atomic E-state index is 9.41. The lowest BCUT2D eigenvalue weighted by molar-refractivity contribution is 0.217. The number of nitrogens with zero attached hydrogens (tertiary/aromatic N) is 1.